The van der Waals surface area contributed by atoms with Crippen LogP contribution in [0.2, 0.25) is 0 Å². The number of hydrogen-bond acceptors (Lipinski definition) is 3. The topological polar surface area (TPSA) is 62.4 Å². The fraction of sp³-hybridized carbons (Fsp3) is 0.200. The largest absolute Gasteiger partial charge is 0.503 e. The summed E-state index contributed by atoms with van der Waals surface area (Å²) in [5.41, 5.74) is 0.618. The van der Waals surface area contributed by atoms with E-state index in [9.17, 15) is 9.90 Å². The van der Waals surface area contributed by atoms with E-state index in [1.165, 1.54) is 6.20 Å². The Balaban J connectivity index is 2.15. The van der Waals surface area contributed by atoms with Gasteiger partial charge in [-0.2, -0.15) is 4.57 Å². The van der Waals surface area contributed by atoms with Crippen molar-refractivity contribution in [3.63, 3.8) is 0 Å². The van der Waals surface area contributed by atoms with E-state index >= 15 is 0 Å². The Bertz CT molecular complexity index is 614. The lowest BCUT2D eigenvalue weighted by Gasteiger charge is -2.11. The third kappa shape index (κ3) is 3.06. The highest BCUT2D eigenvalue weighted by atomic mass is 16.5. The second-order valence-electron chi connectivity index (χ2n) is 4.37. The fourth-order valence-corrected chi connectivity index (χ4v) is 1.84. The molecule has 20 heavy (non-hydrogen) atoms. The number of rotatable bonds is 4. The Morgan fingerprint density at radius 3 is 2.75 bits per heavy atom. The number of aromatic nitrogens is 1. The van der Waals surface area contributed by atoms with Crippen LogP contribution in [-0.4, -0.2) is 18.1 Å². The summed E-state index contributed by atoms with van der Waals surface area (Å²) in [5.74, 6) is 0.531. The molecule has 5 nitrogen and oxygen atoms in total. The van der Waals surface area contributed by atoms with Crippen LogP contribution >= 0.6 is 0 Å². The molecule has 2 aromatic rings. The number of anilines is 1. The van der Waals surface area contributed by atoms with Gasteiger partial charge in [-0.3, -0.25) is 4.79 Å². The van der Waals surface area contributed by atoms with Crippen LogP contribution in [0.1, 0.15) is 13.0 Å². The summed E-state index contributed by atoms with van der Waals surface area (Å²) in [6.45, 7) is 1.75. The zero-order chi connectivity index (χ0) is 14.5. The van der Waals surface area contributed by atoms with Crippen molar-refractivity contribution in [1.82, 2.24) is 0 Å². The molecule has 2 N–H and O–H groups in total. The van der Waals surface area contributed by atoms with Crippen LogP contribution in [0.15, 0.2) is 48.8 Å². The molecule has 0 spiro atoms. The average Bonchev–Trinajstić information content (AvgIpc) is 2.47. The van der Waals surface area contributed by atoms with Crippen molar-refractivity contribution in [3.8, 4) is 11.5 Å². The van der Waals surface area contributed by atoms with Gasteiger partial charge < -0.3 is 15.2 Å². The Morgan fingerprint density at radius 2 is 2.05 bits per heavy atom. The Labute approximate surface area is 117 Å². The fourth-order valence-electron chi connectivity index (χ4n) is 1.84. The van der Waals surface area contributed by atoms with Gasteiger partial charge in [-0.25, -0.2) is 0 Å². The van der Waals surface area contributed by atoms with E-state index in [2.05, 4.69) is 5.32 Å². The minimum absolute atomic E-state index is 0.115. The van der Waals surface area contributed by atoms with Gasteiger partial charge in [0.25, 0.3) is 5.91 Å². The van der Waals surface area contributed by atoms with E-state index in [1.807, 2.05) is 12.1 Å². The predicted molar refractivity (Wildman–Crippen MR) is 74.6 cm³/mol. The van der Waals surface area contributed by atoms with Crippen molar-refractivity contribution in [2.24, 2.45) is 0 Å². The summed E-state index contributed by atoms with van der Waals surface area (Å²) in [6, 6.07) is 10.0. The standard InChI is InChI=1S/C15H16N2O3/c1-11(17-9-5-6-12(18)10-17)15(19)16-13-7-3-4-8-14(13)20-2/h3-11H,1-2H3,(H-,16,18,19)/p+1/t11-/m0/s1. The highest BCUT2D eigenvalue weighted by Crippen LogP contribution is 2.23. The minimum Gasteiger partial charge on any atom is -0.503 e. The van der Waals surface area contributed by atoms with Gasteiger partial charge in [0.2, 0.25) is 12.2 Å². The number of pyridine rings is 1. The molecule has 0 saturated heterocycles. The number of benzene rings is 1. The molecule has 104 valence electrons. The lowest BCUT2D eigenvalue weighted by molar-refractivity contribution is -0.705. The van der Waals surface area contributed by atoms with Crippen LogP contribution in [0.25, 0.3) is 0 Å². The second-order valence-corrected chi connectivity index (χ2v) is 4.37. The molecule has 1 heterocycles. The molecule has 0 fully saturated rings. The minimum atomic E-state index is -0.452. The number of methoxy groups -OCH3 is 1. The number of carbonyl (C=O) groups is 1. The molecule has 1 aromatic heterocycles. The Hall–Kier alpha value is -2.56. The molecule has 0 unspecified atom stereocenters. The number of hydrogen-bond donors (Lipinski definition) is 2. The van der Waals surface area contributed by atoms with Crippen molar-refractivity contribution in [3.05, 3.63) is 48.8 Å². The maximum atomic E-state index is 12.2. The molecule has 0 aliphatic heterocycles. The van der Waals surface area contributed by atoms with Gasteiger partial charge >= 0.3 is 0 Å². The van der Waals surface area contributed by atoms with Crippen LogP contribution in [-0.2, 0) is 4.79 Å². The monoisotopic (exact) mass is 273 g/mol. The molecule has 0 radical (unpaired) electrons. The number of nitrogens with one attached hydrogen (secondary N) is 1. The van der Waals surface area contributed by atoms with Gasteiger partial charge in [-0.05, 0) is 18.2 Å². The van der Waals surface area contributed by atoms with E-state index in [4.69, 9.17) is 4.74 Å². The van der Waals surface area contributed by atoms with Gasteiger partial charge in [0.15, 0.2) is 11.9 Å². The SMILES string of the molecule is COc1ccccc1NC(=O)[C@H](C)[n+]1cccc(O)c1. The molecular weight excluding hydrogens is 256 g/mol. The quantitative estimate of drug-likeness (QED) is 0.836. The maximum Gasteiger partial charge on any atom is 0.293 e. The van der Waals surface area contributed by atoms with E-state index in [0.717, 1.165) is 0 Å². The molecule has 1 amide bonds. The van der Waals surface area contributed by atoms with Gasteiger partial charge in [0.1, 0.15) is 5.75 Å². The molecule has 2 rings (SSSR count). The number of amides is 1. The molecule has 0 saturated carbocycles. The lowest BCUT2D eigenvalue weighted by Crippen LogP contribution is -2.43. The smallest absolute Gasteiger partial charge is 0.293 e. The first kappa shape index (κ1) is 13.9. The van der Waals surface area contributed by atoms with Crippen LogP contribution in [0.5, 0.6) is 11.5 Å². The summed E-state index contributed by atoms with van der Waals surface area (Å²) >= 11 is 0. The second kappa shape index (κ2) is 6.06. The number of para-hydroxylation sites is 2. The number of ether oxygens (including phenoxy) is 1. The number of carbonyl (C=O) groups excluding carboxylic acids is 1. The first-order valence-corrected chi connectivity index (χ1v) is 6.25. The maximum absolute atomic E-state index is 12.2. The average molecular weight is 273 g/mol. The third-order valence-electron chi connectivity index (χ3n) is 3.00. The molecular formula is C15H17N2O3+. The molecule has 1 atom stereocenters. The zero-order valence-electron chi connectivity index (χ0n) is 11.4. The highest BCUT2D eigenvalue weighted by molar-refractivity contribution is 5.93. The van der Waals surface area contributed by atoms with E-state index in [1.54, 1.807) is 49.1 Å². The van der Waals surface area contributed by atoms with Crippen molar-refractivity contribution in [1.29, 1.82) is 0 Å². The Morgan fingerprint density at radius 1 is 1.30 bits per heavy atom. The Kier molecular flexibility index (Phi) is 4.20. The summed E-state index contributed by atoms with van der Waals surface area (Å²) < 4.78 is 6.83. The van der Waals surface area contributed by atoms with Crippen LogP contribution in [0.3, 0.4) is 0 Å². The number of aromatic hydroxyl groups is 1. The third-order valence-corrected chi connectivity index (χ3v) is 3.00. The normalized spacial score (nSPS) is 11.7. The van der Waals surface area contributed by atoms with Gasteiger partial charge in [0, 0.05) is 13.0 Å². The summed E-state index contributed by atoms with van der Waals surface area (Å²) in [6.07, 6.45) is 3.23. The zero-order valence-corrected chi connectivity index (χ0v) is 11.4. The summed E-state index contributed by atoms with van der Waals surface area (Å²) in [7, 11) is 1.55. The summed E-state index contributed by atoms with van der Waals surface area (Å²) in [4.78, 5) is 12.2. The summed E-state index contributed by atoms with van der Waals surface area (Å²) in [5, 5.41) is 12.3. The van der Waals surface area contributed by atoms with E-state index < -0.39 is 6.04 Å². The van der Waals surface area contributed by atoms with E-state index in [-0.39, 0.29) is 11.7 Å². The predicted octanol–water partition coefficient (Wildman–Crippen LogP) is 1.89. The van der Waals surface area contributed by atoms with Gasteiger partial charge in [-0.15, -0.1) is 0 Å². The first-order chi connectivity index (χ1) is 9.61. The van der Waals surface area contributed by atoms with Crippen molar-refractivity contribution in [2.75, 3.05) is 12.4 Å². The number of nitrogens with zero attached hydrogens (tertiary/aromatic N) is 1. The molecule has 1 aromatic carbocycles. The van der Waals surface area contributed by atoms with E-state index in [0.29, 0.717) is 11.4 Å². The highest BCUT2D eigenvalue weighted by Gasteiger charge is 2.23. The lowest BCUT2D eigenvalue weighted by atomic mass is 10.2. The first-order valence-electron chi connectivity index (χ1n) is 6.25. The van der Waals surface area contributed by atoms with Crippen molar-refractivity contribution >= 4 is 11.6 Å². The molecule has 0 aliphatic carbocycles. The van der Waals surface area contributed by atoms with Crippen LogP contribution in [0.4, 0.5) is 5.69 Å². The van der Waals surface area contributed by atoms with Crippen molar-refractivity contribution in [2.45, 2.75) is 13.0 Å². The van der Waals surface area contributed by atoms with Crippen molar-refractivity contribution < 1.29 is 19.2 Å². The van der Waals surface area contributed by atoms with Crippen LogP contribution in [0, 0.1) is 0 Å². The molecule has 0 bridgehead atoms. The van der Waals surface area contributed by atoms with Crippen LogP contribution < -0.4 is 14.6 Å². The van der Waals surface area contributed by atoms with Gasteiger partial charge in [0.05, 0.1) is 12.8 Å². The molecule has 0 aliphatic rings. The molecule has 5 heteroatoms. The van der Waals surface area contributed by atoms with Gasteiger partial charge in [-0.1, -0.05) is 12.1 Å².